The molecular weight excluding hydrogens is 290 g/mol. The predicted molar refractivity (Wildman–Crippen MR) is 90.2 cm³/mol. The average Bonchev–Trinajstić information content (AvgIpc) is 3.18. The number of carbonyl (C=O) groups excluding carboxylic acids is 1. The van der Waals surface area contributed by atoms with E-state index in [1.807, 2.05) is 23.6 Å². The standard InChI is InChI=1S/C18H23N3O2/c1-12-7-14(21-10-17(19)20-11-21)9-15(18(12)23-2)16(22)8-13-5-3-4-6-13/h7,9-11,13H,3-6,8,19H2,1-2H3. The van der Waals surface area contributed by atoms with Crippen LogP contribution < -0.4 is 10.5 Å². The third kappa shape index (κ3) is 3.23. The number of imidazole rings is 1. The first-order chi connectivity index (χ1) is 11.1. The van der Waals surface area contributed by atoms with Crippen molar-refractivity contribution in [3.05, 3.63) is 35.8 Å². The van der Waals surface area contributed by atoms with E-state index in [9.17, 15) is 4.79 Å². The van der Waals surface area contributed by atoms with Crippen LogP contribution in [-0.2, 0) is 0 Å². The van der Waals surface area contributed by atoms with Crippen LogP contribution in [0.1, 0.15) is 48.0 Å². The van der Waals surface area contributed by atoms with Crippen molar-refractivity contribution in [2.24, 2.45) is 5.92 Å². The minimum Gasteiger partial charge on any atom is -0.496 e. The van der Waals surface area contributed by atoms with E-state index in [-0.39, 0.29) is 5.78 Å². The maximum absolute atomic E-state index is 12.8. The van der Waals surface area contributed by atoms with E-state index in [0.717, 1.165) is 24.1 Å². The maximum atomic E-state index is 12.8. The van der Waals surface area contributed by atoms with Gasteiger partial charge < -0.3 is 15.0 Å². The fourth-order valence-electron chi connectivity index (χ4n) is 3.45. The van der Waals surface area contributed by atoms with E-state index in [4.69, 9.17) is 10.5 Å². The van der Waals surface area contributed by atoms with E-state index in [2.05, 4.69) is 4.98 Å². The smallest absolute Gasteiger partial charge is 0.166 e. The van der Waals surface area contributed by atoms with Gasteiger partial charge >= 0.3 is 0 Å². The van der Waals surface area contributed by atoms with Crippen LogP contribution in [0.5, 0.6) is 5.75 Å². The second-order valence-electron chi connectivity index (χ2n) is 6.33. The zero-order chi connectivity index (χ0) is 16.4. The molecule has 0 saturated heterocycles. The van der Waals surface area contributed by atoms with Gasteiger partial charge in [-0.05, 0) is 30.5 Å². The molecule has 1 heterocycles. The number of aromatic nitrogens is 2. The van der Waals surface area contributed by atoms with Gasteiger partial charge in [0.05, 0.1) is 18.9 Å². The van der Waals surface area contributed by atoms with Crippen LogP contribution in [0.25, 0.3) is 5.69 Å². The molecule has 1 aromatic carbocycles. The van der Waals surface area contributed by atoms with Crippen molar-refractivity contribution in [1.82, 2.24) is 9.55 Å². The summed E-state index contributed by atoms with van der Waals surface area (Å²) in [5.41, 5.74) is 8.16. The summed E-state index contributed by atoms with van der Waals surface area (Å²) in [4.78, 5) is 16.8. The van der Waals surface area contributed by atoms with Gasteiger partial charge in [0.1, 0.15) is 17.9 Å². The van der Waals surface area contributed by atoms with Crippen LogP contribution in [0.2, 0.25) is 0 Å². The lowest BCUT2D eigenvalue weighted by Crippen LogP contribution is -2.09. The number of Topliss-reactive ketones (excluding diaryl/α,β-unsaturated/α-hetero) is 1. The van der Waals surface area contributed by atoms with Gasteiger partial charge in [-0.3, -0.25) is 4.79 Å². The van der Waals surface area contributed by atoms with Gasteiger partial charge in [0.25, 0.3) is 0 Å². The molecular formula is C18H23N3O2. The monoisotopic (exact) mass is 313 g/mol. The van der Waals surface area contributed by atoms with Gasteiger partial charge in [-0.2, -0.15) is 0 Å². The summed E-state index contributed by atoms with van der Waals surface area (Å²) in [6.45, 7) is 1.95. The summed E-state index contributed by atoms with van der Waals surface area (Å²) in [5.74, 6) is 1.80. The number of nitrogens with zero attached hydrogens (tertiary/aromatic N) is 2. The van der Waals surface area contributed by atoms with E-state index in [0.29, 0.717) is 29.5 Å². The third-order valence-corrected chi connectivity index (χ3v) is 4.61. The highest BCUT2D eigenvalue weighted by Gasteiger charge is 2.22. The maximum Gasteiger partial charge on any atom is 0.166 e. The fourth-order valence-corrected chi connectivity index (χ4v) is 3.45. The Balaban J connectivity index is 1.96. The van der Waals surface area contributed by atoms with Crippen LogP contribution in [0.15, 0.2) is 24.7 Å². The first-order valence-electron chi connectivity index (χ1n) is 8.10. The molecule has 1 fully saturated rings. The molecule has 0 radical (unpaired) electrons. The zero-order valence-electron chi connectivity index (χ0n) is 13.7. The molecule has 5 nitrogen and oxygen atoms in total. The lowest BCUT2D eigenvalue weighted by Gasteiger charge is -2.15. The second-order valence-corrected chi connectivity index (χ2v) is 6.33. The average molecular weight is 313 g/mol. The number of ether oxygens (including phenoxy) is 1. The van der Waals surface area contributed by atoms with Crippen LogP contribution in [-0.4, -0.2) is 22.4 Å². The van der Waals surface area contributed by atoms with Crippen LogP contribution in [0.3, 0.4) is 0 Å². The number of hydrogen-bond acceptors (Lipinski definition) is 4. The zero-order valence-corrected chi connectivity index (χ0v) is 13.7. The largest absolute Gasteiger partial charge is 0.496 e. The van der Waals surface area contributed by atoms with Gasteiger partial charge in [0.2, 0.25) is 0 Å². The molecule has 1 saturated carbocycles. The molecule has 0 bridgehead atoms. The molecule has 0 spiro atoms. The van der Waals surface area contributed by atoms with Crippen LogP contribution in [0, 0.1) is 12.8 Å². The highest BCUT2D eigenvalue weighted by Crippen LogP contribution is 2.33. The molecule has 0 atom stereocenters. The topological polar surface area (TPSA) is 70.1 Å². The SMILES string of the molecule is COc1c(C)cc(-n2cnc(N)c2)cc1C(=O)CC1CCCC1. The van der Waals surface area contributed by atoms with Crippen molar-refractivity contribution in [1.29, 1.82) is 0 Å². The van der Waals surface area contributed by atoms with Crippen molar-refractivity contribution in [3.8, 4) is 11.4 Å². The summed E-state index contributed by atoms with van der Waals surface area (Å²) in [6.07, 6.45) is 8.79. The van der Waals surface area contributed by atoms with Gasteiger partial charge in [0.15, 0.2) is 5.78 Å². The summed E-state index contributed by atoms with van der Waals surface area (Å²) < 4.78 is 7.31. The number of benzene rings is 1. The lowest BCUT2D eigenvalue weighted by molar-refractivity contribution is 0.0959. The Labute approximate surface area is 136 Å². The van der Waals surface area contributed by atoms with Gasteiger partial charge in [-0.15, -0.1) is 0 Å². The molecule has 1 aliphatic carbocycles. The quantitative estimate of drug-likeness (QED) is 0.857. The number of methoxy groups -OCH3 is 1. The number of hydrogen-bond donors (Lipinski definition) is 1. The predicted octanol–water partition coefficient (Wildman–Crippen LogP) is 3.53. The molecule has 2 aromatic rings. The Hall–Kier alpha value is -2.30. The molecule has 0 amide bonds. The number of nitrogens with two attached hydrogens (primary N) is 1. The summed E-state index contributed by atoms with van der Waals surface area (Å²) >= 11 is 0. The number of aryl methyl sites for hydroxylation is 1. The lowest BCUT2D eigenvalue weighted by atomic mass is 9.95. The van der Waals surface area contributed by atoms with Crippen molar-refractivity contribution in [3.63, 3.8) is 0 Å². The van der Waals surface area contributed by atoms with Crippen LogP contribution in [0.4, 0.5) is 5.82 Å². The second kappa shape index (κ2) is 6.44. The molecule has 5 heteroatoms. The first-order valence-corrected chi connectivity index (χ1v) is 8.10. The Morgan fingerprint density at radius 1 is 1.39 bits per heavy atom. The number of ketones is 1. The van der Waals surface area contributed by atoms with Gasteiger partial charge in [-0.1, -0.05) is 25.7 Å². The summed E-state index contributed by atoms with van der Waals surface area (Å²) in [6, 6.07) is 3.86. The van der Waals surface area contributed by atoms with Gasteiger partial charge in [0, 0.05) is 12.1 Å². The molecule has 23 heavy (non-hydrogen) atoms. The van der Waals surface area contributed by atoms with E-state index in [1.165, 1.54) is 12.8 Å². The van der Waals surface area contributed by atoms with Crippen molar-refractivity contribution in [2.45, 2.75) is 39.0 Å². The van der Waals surface area contributed by atoms with E-state index < -0.39 is 0 Å². The number of carbonyl (C=O) groups is 1. The van der Waals surface area contributed by atoms with Crippen LogP contribution >= 0.6 is 0 Å². The number of nitrogen functional groups attached to an aromatic ring is 1. The van der Waals surface area contributed by atoms with Crippen molar-refractivity contribution in [2.75, 3.05) is 12.8 Å². The normalized spacial score (nSPS) is 15.0. The molecule has 0 unspecified atom stereocenters. The highest BCUT2D eigenvalue weighted by atomic mass is 16.5. The molecule has 2 N–H and O–H groups in total. The van der Waals surface area contributed by atoms with E-state index >= 15 is 0 Å². The Morgan fingerprint density at radius 2 is 2.13 bits per heavy atom. The number of rotatable bonds is 5. The minimum atomic E-state index is 0.159. The molecule has 122 valence electrons. The molecule has 1 aromatic heterocycles. The van der Waals surface area contributed by atoms with Gasteiger partial charge in [-0.25, -0.2) is 4.98 Å². The molecule has 3 rings (SSSR count). The van der Waals surface area contributed by atoms with E-state index in [1.54, 1.807) is 19.6 Å². The number of anilines is 1. The van der Waals surface area contributed by atoms with Crippen molar-refractivity contribution < 1.29 is 9.53 Å². The minimum absolute atomic E-state index is 0.159. The molecule has 0 aliphatic heterocycles. The Bertz CT molecular complexity index is 715. The first kappa shape index (κ1) is 15.6. The Kier molecular flexibility index (Phi) is 4.37. The Morgan fingerprint density at radius 3 is 2.74 bits per heavy atom. The van der Waals surface area contributed by atoms with Crippen molar-refractivity contribution >= 4 is 11.6 Å². The molecule has 1 aliphatic rings. The summed E-state index contributed by atoms with van der Waals surface area (Å²) in [5, 5.41) is 0. The fraction of sp³-hybridized carbons (Fsp3) is 0.444. The summed E-state index contributed by atoms with van der Waals surface area (Å²) in [7, 11) is 1.61. The third-order valence-electron chi connectivity index (χ3n) is 4.61. The highest BCUT2D eigenvalue weighted by molar-refractivity contribution is 5.99.